The molecule has 0 saturated heterocycles. The molecule has 0 bridgehead atoms. The number of hydrogen-bond donors (Lipinski definition) is 3. The number of anilines is 2. The lowest BCUT2D eigenvalue weighted by Crippen LogP contribution is -2.48. The Morgan fingerprint density at radius 2 is 1.81 bits per heavy atom. The number of nitrogens with one attached hydrogen (secondary N) is 2. The van der Waals surface area contributed by atoms with Crippen LogP contribution in [0.1, 0.15) is 19.4 Å². The smallest absolute Gasteiger partial charge is 0.323 e. The molecule has 2 aliphatic rings. The fraction of sp³-hybridized carbons (Fsp3) is 0.379. The van der Waals surface area contributed by atoms with Gasteiger partial charge in [-0.2, -0.15) is 4.31 Å². The second-order valence-corrected chi connectivity index (χ2v) is 13.8. The fourth-order valence-electron chi connectivity index (χ4n) is 4.91. The second-order valence-electron chi connectivity index (χ2n) is 10.6. The van der Waals surface area contributed by atoms with Crippen LogP contribution in [-0.4, -0.2) is 80.4 Å². The number of sulfonamides is 1. The molecule has 3 atom stereocenters. The first-order valence-electron chi connectivity index (χ1n) is 13.7. The summed E-state index contributed by atoms with van der Waals surface area (Å²) >= 11 is 1.14. The Labute approximate surface area is 254 Å². The Morgan fingerprint density at radius 1 is 1.12 bits per heavy atom. The summed E-state index contributed by atoms with van der Waals surface area (Å²) in [4.78, 5) is 27.9. The number of amides is 3. The molecule has 3 heterocycles. The molecule has 0 aliphatic carbocycles. The van der Waals surface area contributed by atoms with Crippen molar-refractivity contribution in [2.75, 3.05) is 44.2 Å². The molecular weight excluding hydrogens is 596 g/mol. The summed E-state index contributed by atoms with van der Waals surface area (Å²) in [6, 6.07) is 12.3. The highest BCUT2D eigenvalue weighted by Gasteiger charge is 2.33. The average Bonchev–Trinajstić information content (AvgIpc) is 3.69. The molecule has 3 amide bonds. The second kappa shape index (κ2) is 12.8. The number of rotatable bonds is 8. The number of fused-ring (bicyclic) bond motifs is 2. The quantitative estimate of drug-likeness (QED) is 0.342. The average molecular weight is 631 g/mol. The van der Waals surface area contributed by atoms with Crippen molar-refractivity contribution in [1.82, 2.24) is 9.21 Å². The number of hydrogen-bond acceptors (Lipinski definition) is 9. The van der Waals surface area contributed by atoms with Gasteiger partial charge >= 0.3 is 6.03 Å². The fourth-order valence-corrected chi connectivity index (χ4v) is 7.29. The minimum Gasteiger partial charge on any atom is -0.488 e. The highest BCUT2D eigenvalue weighted by molar-refractivity contribution is 7.91. The number of thiophene rings is 1. The van der Waals surface area contributed by atoms with E-state index in [-0.39, 0.29) is 48.9 Å². The summed E-state index contributed by atoms with van der Waals surface area (Å²) in [6.45, 7) is 3.83. The van der Waals surface area contributed by atoms with Crippen LogP contribution in [0.25, 0.3) is 0 Å². The molecule has 14 heteroatoms. The molecule has 0 saturated carbocycles. The summed E-state index contributed by atoms with van der Waals surface area (Å²) in [5.74, 6) is 1.04. The predicted octanol–water partition coefficient (Wildman–Crippen LogP) is 3.59. The number of aliphatic hydroxyl groups is 1. The van der Waals surface area contributed by atoms with Gasteiger partial charge in [0.25, 0.3) is 10.0 Å². The number of benzene rings is 2. The van der Waals surface area contributed by atoms with Crippen molar-refractivity contribution >= 4 is 44.7 Å². The highest BCUT2D eigenvalue weighted by atomic mass is 32.2. The van der Waals surface area contributed by atoms with E-state index in [0.717, 1.165) is 11.3 Å². The van der Waals surface area contributed by atoms with Gasteiger partial charge in [0.2, 0.25) is 12.7 Å². The van der Waals surface area contributed by atoms with E-state index in [4.69, 9.17) is 14.2 Å². The summed E-state index contributed by atoms with van der Waals surface area (Å²) in [7, 11) is -2.24. The van der Waals surface area contributed by atoms with Crippen molar-refractivity contribution in [3.8, 4) is 17.2 Å². The van der Waals surface area contributed by atoms with Crippen molar-refractivity contribution in [3.63, 3.8) is 0 Å². The maximum atomic E-state index is 13.5. The van der Waals surface area contributed by atoms with Crippen LogP contribution in [-0.2, 0) is 21.2 Å². The monoisotopic (exact) mass is 630 g/mol. The van der Waals surface area contributed by atoms with Gasteiger partial charge in [0, 0.05) is 42.5 Å². The Bertz CT molecular complexity index is 1580. The van der Waals surface area contributed by atoms with Crippen LogP contribution in [0.4, 0.5) is 16.2 Å². The molecule has 5 rings (SSSR count). The van der Waals surface area contributed by atoms with Gasteiger partial charge in [0.15, 0.2) is 11.5 Å². The van der Waals surface area contributed by atoms with E-state index in [2.05, 4.69) is 10.6 Å². The third kappa shape index (κ3) is 6.88. The van der Waals surface area contributed by atoms with Crippen molar-refractivity contribution in [3.05, 3.63) is 59.5 Å². The number of likely N-dealkylation sites (N-methyl/N-ethyl adjacent to an activating group) is 1. The number of carbonyl (C=O) groups excluding carboxylic acids is 2. The van der Waals surface area contributed by atoms with Crippen LogP contribution < -0.4 is 24.8 Å². The van der Waals surface area contributed by atoms with Gasteiger partial charge in [-0.15, -0.1) is 11.3 Å². The molecule has 2 aliphatic heterocycles. The zero-order valence-electron chi connectivity index (χ0n) is 24.0. The molecule has 230 valence electrons. The minimum absolute atomic E-state index is 0.0360. The Balaban J connectivity index is 1.38. The van der Waals surface area contributed by atoms with Crippen LogP contribution in [0.15, 0.2) is 58.1 Å². The first kappa shape index (κ1) is 30.6. The molecule has 0 fully saturated rings. The van der Waals surface area contributed by atoms with Gasteiger partial charge in [-0.1, -0.05) is 13.0 Å². The third-order valence-corrected chi connectivity index (χ3v) is 10.6. The van der Waals surface area contributed by atoms with Gasteiger partial charge in [-0.05, 0) is 48.7 Å². The summed E-state index contributed by atoms with van der Waals surface area (Å²) in [5.41, 5.74) is 1.45. The van der Waals surface area contributed by atoms with Gasteiger partial charge in [-0.3, -0.25) is 4.79 Å². The van der Waals surface area contributed by atoms with Crippen molar-refractivity contribution < 1.29 is 37.3 Å². The van der Waals surface area contributed by atoms with Crippen LogP contribution >= 0.6 is 11.3 Å². The Hall–Kier alpha value is -3.85. The standard InChI is InChI=1S/C29H34N4O8S2/c1-18-14-33(19(2)16-34)27(35)12-20-11-21(30-29(36)31-22-7-9-24-25(13-22)40-17-39-24)6-8-23(20)41-26(18)15-32(3)43(37,38)28-5-4-10-42-28/h4-11,13,18-19,26,34H,12,14-17H2,1-3H3,(H2,30,31,36)/t18-,19-,26-/m1/s1. The van der Waals surface area contributed by atoms with E-state index in [1.807, 2.05) is 6.92 Å². The van der Waals surface area contributed by atoms with Gasteiger partial charge in [0.1, 0.15) is 16.1 Å². The van der Waals surface area contributed by atoms with E-state index in [1.165, 1.54) is 11.4 Å². The molecule has 0 spiro atoms. The molecule has 3 N–H and O–H groups in total. The zero-order chi connectivity index (χ0) is 30.7. The Morgan fingerprint density at radius 3 is 2.51 bits per heavy atom. The SMILES string of the molecule is C[C@@H]1CN([C@H](C)CO)C(=O)Cc2cc(NC(=O)Nc3ccc4c(c3)OCO4)ccc2O[C@@H]1CN(C)S(=O)(=O)c1cccs1. The van der Waals surface area contributed by atoms with Crippen molar-refractivity contribution in [2.24, 2.45) is 5.92 Å². The minimum atomic E-state index is -3.74. The molecule has 2 aromatic carbocycles. The zero-order valence-corrected chi connectivity index (χ0v) is 25.6. The lowest BCUT2D eigenvalue weighted by atomic mass is 10.0. The number of ether oxygens (including phenoxy) is 3. The first-order chi connectivity index (χ1) is 20.5. The van der Waals surface area contributed by atoms with E-state index in [1.54, 1.807) is 65.7 Å². The van der Waals surface area contributed by atoms with Crippen LogP contribution in [0.2, 0.25) is 0 Å². The van der Waals surface area contributed by atoms with Gasteiger partial charge in [-0.25, -0.2) is 13.2 Å². The maximum Gasteiger partial charge on any atom is 0.323 e. The largest absolute Gasteiger partial charge is 0.488 e. The first-order valence-corrected chi connectivity index (χ1v) is 16.0. The van der Waals surface area contributed by atoms with Crippen molar-refractivity contribution in [2.45, 2.75) is 36.6 Å². The number of urea groups is 1. The molecule has 0 radical (unpaired) electrons. The molecule has 0 unspecified atom stereocenters. The van der Waals surface area contributed by atoms with Gasteiger partial charge in [0.05, 0.1) is 25.6 Å². The van der Waals surface area contributed by atoms with Gasteiger partial charge < -0.3 is 34.9 Å². The summed E-state index contributed by atoms with van der Waals surface area (Å²) < 4.78 is 44.9. The normalized spacial score (nSPS) is 19.1. The van der Waals surface area contributed by atoms with Crippen LogP contribution in [0.3, 0.4) is 0 Å². The lowest BCUT2D eigenvalue weighted by molar-refractivity contribution is -0.134. The van der Waals surface area contributed by atoms with E-state index < -0.39 is 28.2 Å². The molecule has 43 heavy (non-hydrogen) atoms. The number of nitrogens with zero attached hydrogens (tertiary/aromatic N) is 2. The molecular formula is C29H34N4O8S2. The maximum absolute atomic E-state index is 13.5. The van der Waals surface area contributed by atoms with E-state index in [9.17, 15) is 23.1 Å². The highest BCUT2D eigenvalue weighted by Crippen LogP contribution is 2.34. The lowest BCUT2D eigenvalue weighted by Gasteiger charge is -2.33. The Kier molecular flexibility index (Phi) is 9.11. The third-order valence-electron chi connectivity index (χ3n) is 7.40. The van der Waals surface area contributed by atoms with Crippen molar-refractivity contribution in [1.29, 1.82) is 0 Å². The van der Waals surface area contributed by atoms with Crippen LogP contribution in [0.5, 0.6) is 17.2 Å². The number of carbonyl (C=O) groups is 2. The van der Waals surface area contributed by atoms with E-state index in [0.29, 0.717) is 34.2 Å². The summed E-state index contributed by atoms with van der Waals surface area (Å²) in [6.07, 6.45) is -0.659. The topological polar surface area (TPSA) is 147 Å². The molecule has 3 aromatic rings. The van der Waals surface area contributed by atoms with Crippen LogP contribution in [0, 0.1) is 5.92 Å². The molecule has 12 nitrogen and oxygen atoms in total. The van der Waals surface area contributed by atoms with E-state index >= 15 is 0 Å². The number of aliphatic hydroxyl groups excluding tert-OH is 1. The summed E-state index contributed by atoms with van der Waals surface area (Å²) in [5, 5.41) is 17.1. The predicted molar refractivity (Wildman–Crippen MR) is 161 cm³/mol. The molecule has 1 aromatic heterocycles.